The maximum absolute atomic E-state index is 12.1. The molecule has 1 aliphatic heterocycles. The number of hydrazine groups is 1. The minimum Gasteiger partial charge on any atom is -0.494 e. The van der Waals surface area contributed by atoms with Crippen molar-refractivity contribution >= 4 is 17.6 Å². The van der Waals surface area contributed by atoms with Crippen molar-refractivity contribution in [1.82, 2.24) is 5.43 Å². The number of esters is 1. The molecule has 1 aromatic rings. The van der Waals surface area contributed by atoms with Crippen molar-refractivity contribution in [2.24, 2.45) is 5.92 Å². The third-order valence-corrected chi connectivity index (χ3v) is 5.90. The molecule has 0 saturated carbocycles. The summed E-state index contributed by atoms with van der Waals surface area (Å²) in [5.74, 6) is -0.0497. The number of hydrogen-bond donors (Lipinski definition) is 1. The van der Waals surface area contributed by atoms with E-state index < -0.39 is 0 Å². The molecule has 1 aromatic carbocycles. The van der Waals surface area contributed by atoms with Crippen LogP contribution in [0.15, 0.2) is 24.3 Å². The van der Waals surface area contributed by atoms with E-state index >= 15 is 0 Å². The zero-order valence-electron chi connectivity index (χ0n) is 20.1. The number of benzene rings is 1. The number of anilines is 1. The van der Waals surface area contributed by atoms with Gasteiger partial charge in [0.05, 0.1) is 24.8 Å². The summed E-state index contributed by atoms with van der Waals surface area (Å²) in [6.45, 7) is 4.90. The van der Waals surface area contributed by atoms with E-state index in [0.29, 0.717) is 13.2 Å². The van der Waals surface area contributed by atoms with Gasteiger partial charge in [0.25, 0.3) is 0 Å². The first-order valence-electron chi connectivity index (χ1n) is 12.5. The predicted octanol–water partition coefficient (Wildman–Crippen LogP) is 5.80. The van der Waals surface area contributed by atoms with Gasteiger partial charge in [-0.05, 0) is 18.6 Å². The van der Waals surface area contributed by atoms with Crippen molar-refractivity contribution in [2.45, 2.75) is 90.9 Å². The lowest BCUT2D eigenvalue weighted by molar-refractivity contribution is -0.143. The Labute approximate surface area is 194 Å². The fraction of sp³-hybridized carbons (Fsp3) is 0.692. The van der Waals surface area contributed by atoms with Crippen LogP contribution in [0.1, 0.15) is 90.9 Å². The molecule has 1 saturated heterocycles. The highest BCUT2D eigenvalue weighted by Gasteiger charge is 2.31. The Morgan fingerprint density at radius 2 is 1.62 bits per heavy atom. The number of carbonyl (C=O) groups is 2. The van der Waals surface area contributed by atoms with E-state index in [1.807, 2.05) is 24.3 Å². The fourth-order valence-electron chi connectivity index (χ4n) is 3.96. The van der Waals surface area contributed by atoms with Crippen LogP contribution in [0.25, 0.3) is 0 Å². The van der Waals surface area contributed by atoms with Crippen LogP contribution in [0.5, 0.6) is 5.75 Å². The maximum Gasteiger partial charge on any atom is 0.302 e. The van der Waals surface area contributed by atoms with Gasteiger partial charge in [-0.3, -0.25) is 20.0 Å². The fourth-order valence-corrected chi connectivity index (χ4v) is 3.96. The monoisotopic (exact) mass is 446 g/mol. The van der Waals surface area contributed by atoms with Crippen molar-refractivity contribution in [1.29, 1.82) is 0 Å². The summed E-state index contributed by atoms with van der Waals surface area (Å²) < 4.78 is 10.9. The van der Waals surface area contributed by atoms with E-state index in [9.17, 15) is 9.59 Å². The lowest BCUT2D eigenvalue weighted by Gasteiger charge is -2.18. The van der Waals surface area contributed by atoms with Crippen LogP contribution >= 0.6 is 0 Å². The standard InChI is InChI=1S/C26H42N2O4/c1-3-4-5-6-7-8-9-10-11-12-13-14-18-31-25-17-15-16-24(19-25)28-20-23(26(30)27-28)21-32-22(2)29/h15-17,19,23H,3-14,18,20-21H2,1-2H3,(H,27,30). The molecular weight excluding hydrogens is 404 g/mol. The van der Waals surface area contributed by atoms with Gasteiger partial charge in [-0.1, -0.05) is 83.6 Å². The van der Waals surface area contributed by atoms with Crippen molar-refractivity contribution in [3.8, 4) is 5.75 Å². The van der Waals surface area contributed by atoms with E-state index in [2.05, 4.69) is 12.3 Å². The third-order valence-electron chi connectivity index (χ3n) is 5.90. The Kier molecular flexibility index (Phi) is 12.6. The maximum atomic E-state index is 12.1. The molecule has 0 aromatic heterocycles. The number of unbranched alkanes of at least 4 members (excludes halogenated alkanes) is 11. The van der Waals surface area contributed by atoms with E-state index in [1.54, 1.807) is 5.01 Å². The lowest BCUT2D eigenvalue weighted by Crippen LogP contribution is -2.32. The molecule has 2 rings (SSSR count). The second-order valence-electron chi connectivity index (χ2n) is 8.82. The van der Waals surface area contributed by atoms with E-state index in [-0.39, 0.29) is 24.4 Å². The molecule has 6 nitrogen and oxygen atoms in total. The van der Waals surface area contributed by atoms with E-state index in [1.165, 1.54) is 77.6 Å². The van der Waals surface area contributed by atoms with Crippen LogP contribution in [-0.4, -0.2) is 31.6 Å². The van der Waals surface area contributed by atoms with Crippen LogP contribution in [0, 0.1) is 5.92 Å². The van der Waals surface area contributed by atoms with Crippen LogP contribution in [0.3, 0.4) is 0 Å². The zero-order chi connectivity index (χ0) is 23.0. The number of carbonyl (C=O) groups excluding carboxylic acids is 2. The Hall–Kier alpha value is -2.24. The van der Waals surface area contributed by atoms with Gasteiger partial charge in [0.1, 0.15) is 12.4 Å². The molecule has 1 atom stereocenters. The highest BCUT2D eigenvalue weighted by atomic mass is 16.5. The van der Waals surface area contributed by atoms with Crippen molar-refractivity contribution in [3.05, 3.63) is 24.3 Å². The van der Waals surface area contributed by atoms with Gasteiger partial charge in [0.2, 0.25) is 5.91 Å². The lowest BCUT2D eigenvalue weighted by atomic mass is 10.1. The van der Waals surface area contributed by atoms with Gasteiger partial charge in [0.15, 0.2) is 0 Å². The van der Waals surface area contributed by atoms with Crippen molar-refractivity contribution < 1.29 is 19.1 Å². The minimum absolute atomic E-state index is 0.104. The van der Waals surface area contributed by atoms with Crippen molar-refractivity contribution in [3.63, 3.8) is 0 Å². The molecule has 6 heteroatoms. The summed E-state index contributed by atoms with van der Waals surface area (Å²) in [6, 6.07) is 7.75. The molecule has 0 bridgehead atoms. The van der Waals surface area contributed by atoms with Gasteiger partial charge in [-0.15, -0.1) is 0 Å². The van der Waals surface area contributed by atoms with Gasteiger partial charge < -0.3 is 9.47 Å². The van der Waals surface area contributed by atoms with Gasteiger partial charge in [-0.25, -0.2) is 0 Å². The summed E-state index contributed by atoms with van der Waals surface area (Å²) in [5, 5.41) is 1.78. The second-order valence-corrected chi connectivity index (χ2v) is 8.82. The molecule has 32 heavy (non-hydrogen) atoms. The Balaban J connectivity index is 1.55. The number of nitrogens with zero attached hydrogens (tertiary/aromatic N) is 1. The summed E-state index contributed by atoms with van der Waals surface area (Å²) in [6.07, 6.45) is 15.9. The molecule has 0 aliphatic carbocycles. The van der Waals surface area contributed by atoms with E-state index in [0.717, 1.165) is 17.9 Å². The van der Waals surface area contributed by atoms with Gasteiger partial charge >= 0.3 is 5.97 Å². The molecule has 0 spiro atoms. The summed E-state index contributed by atoms with van der Waals surface area (Å²) in [7, 11) is 0. The average Bonchev–Trinajstić information content (AvgIpc) is 3.16. The number of amides is 1. The third kappa shape index (κ3) is 10.4. The topological polar surface area (TPSA) is 67.9 Å². The molecule has 180 valence electrons. The average molecular weight is 447 g/mol. The SMILES string of the molecule is CCCCCCCCCCCCCCOc1cccc(N2CC(COC(C)=O)C(=O)N2)c1. The van der Waals surface area contributed by atoms with Gasteiger partial charge in [0, 0.05) is 13.0 Å². The summed E-state index contributed by atoms with van der Waals surface area (Å²) >= 11 is 0. The molecular formula is C26H42N2O4. The van der Waals surface area contributed by atoms with Gasteiger partial charge in [-0.2, -0.15) is 0 Å². The highest BCUT2D eigenvalue weighted by Crippen LogP contribution is 2.24. The molecule has 1 fully saturated rings. The Morgan fingerprint density at radius 3 is 2.25 bits per heavy atom. The number of hydrogen-bond acceptors (Lipinski definition) is 5. The van der Waals surface area contributed by atoms with Crippen molar-refractivity contribution in [2.75, 3.05) is 24.8 Å². The highest BCUT2D eigenvalue weighted by molar-refractivity contribution is 5.84. The van der Waals surface area contributed by atoms with Crippen LogP contribution in [0.2, 0.25) is 0 Å². The second kappa shape index (κ2) is 15.5. The van der Waals surface area contributed by atoms with Crippen LogP contribution in [0.4, 0.5) is 5.69 Å². The Morgan fingerprint density at radius 1 is 1.00 bits per heavy atom. The largest absolute Gasteiger partial charge is 0.494 e. The first-order chi connectivity index (χ1) is 15.6. The molecule has 1 unspecified atom stereocenters. The van der Waals surface area contributed by atoms with Crippen LogP contribution < -0.4 is 15.2 Å². The number of ether oxygens (including phenoxy) is 2. The summed E-state index contributed by atoms with van der Waals surface area (Å²) in [4.78, 5) is 23.1. The molecule has 0 radical (unpaired) electrons. The normalized spacial score (nSPS) is 15.6. The van der Waals surface area contributed by atoms with Crippen LogP contribution in [-0.2, 0) is 14.3 Å². The first kappa shape index (κ1) is 26.0. The molecule has 1 N–H and O–H groups in total. The molecule has 1 aliphatic rings. The number of nitrogens with one attached hydrogen (secondary N) is 1. The minimum atomic E-state index is -0.371. The molecule has 1 amide bonds. The Bertz CT molecular complexity index is 680. The number of rotatable bonds is 17. The summed E-state index contributed by atoms with van der Waals surface area (Å²) in [5.41, 5.74) is 3.71. The van der Waals surface area contributed by atoms with E-state index in [4.69, 9.17) is 9.47 Å². The first-order valence-corrected chi connectivity index (χ1v) is 12.5. The predicted molar refractivity (Wildman–Crippen MR) is 129 cm³/mol. The smallest absolute Gasteiger partial charge is 0.302 e. The molecule has 1 heterocycles. The zero-order valence-corrected chi connectivity index (χ0v) is 20.1. The quantitative estimate of drug-likeness (QED) is 0.242.